The quantitative estimate of drug-likeness (QED) is 0.362. The molecule has 0 spiro atoms. The molecule has 3 aromatic carbocycles. The lowest BCUT2D eigenvalue weighted by atomic mass is 10.1. The zero-order valence-corrected chi connectivity index (χ0v) is 20.7. The number of carbonyl (C=O) groups is 1. The van der Waals surface area contributed by atoms with Crippen LogP contribution in [0.2, 0.25) is 0 Å². The van der Waals surface area contributed by atoms with Crippen LogP contribution in [0.3, 0.4) is 0 Å². The van der Waals surface area contributed by atoms with Crippen molar-refractivity contribution in [1.82, 2.24) is 0 Å². The highest BCUT2D eigenvalue weighted by Crippen LogP contribution is 2.38. The molecule has 1 N–H and O–H groups in total. The molecule has 0 heterocycles. The molecule has 0 saturated carbocycles. The van der Waals surface area contributed by atoms with Crippen molar-refractivity contribution < 1.29 is 31.1 Å². The lowest BCUT2D eigenvalue weighted by Crippen LogP contribution is -2.39. The van der Waals surface area contributed by atoms with E-state index in [1.807, 2.05) is 12.1 Å². The molecule has 0 aliphatic carbocycles. The number of alkyl halides is 3. The molecule has 36 heavy (non-hydrogen) atoms. The maximum absolute atomic E-state index is 13.7. The normalized spacial score (nSPS) is 11.7. The van der Waals surface area contributed by atoms with Crippen molar-refractivity contribution in [3.8, 4) is 5.75 Å². The molecular formula is C26H27F3N2O4S. The van der Waals surface area contributed by atoms with Gasteiger partial charge in [-0.1, -0.05) is 49.7 Å². The van der Waals surface area contributed by atoms with E-state index in [4.69, 9.17) is 4.74 Å². The fraction of sp³-hybridized carbons (Fsp3) is 0.269. The van der Waals surface area contributed by atoms with Crippen molar-refractivity contribution >= 4 is 27.3 Å². The van der Waals surface area contributed by atoms with Crippen LogP contribution in [0, 0.1) is 0 Å². The van der Waals surface area contributed by atoms with Crippen molar-refractivity contribution in [2.45, 2.75) is 37.3 Å². The van der Waals surface area contributed by atoms with Gasteiger partial charge in [0.15, 0.2) is 0 Å². The topological polar surface area (TPSA) is 75.7 Å². The second kappa shape index (κ2) is 11.5. The summed E-state index contributed by atoms with van der Waals surface area (Å²) in [5, 5.41) is 2.62. The molecule has 0 aliphatic rings. The van der Waals surface area contributed by atoms with Crippen LogP contribution in [0.5, 0.6) is 5.75 Å². The molecule has 0 saturated heterocycles. The van der Waals surface area contributed by atoms with Crippen LogP contribution in [-0.4, -0.2) is 28.0 Å². The third-order valence-electron chi connectivity index (χ3n) is 5.46. The van der Waals surface area contributed by atoms with Gasteiger partial charge in [0, 0.05) is 5.69 Å². The molecular weight excluding hydrogens is 493 g/mol. The van der Waals surface area contributed by atoms with Crippen LogP contribution in [0.1, 0.15) is 30.9 Å². The Hall–Kier alpha value is -3.53. The Kier molecular flexibility index (Phi) is 8.62. The van der Waals surface area contributed by atoms with Gasteiger partial charge in [-0.2, -0.15) is 13.2 Å². The Labute approximate surface area is 208 Å². The van der Waals surface area contributed by atoms with E-state index in [0.29, 0.717) is 16.1 Å². The number of rotatable bonds is 10. The van der Waals surface area contributed by atoms with Crippen LogP contribution in [0.25, 0.3) is 0 Å². The summed E-state index contributed by atoms with van der Waals surface area (Å²) >= 11 is 0. The fourth-order valence-corrected chi connectivity index (χ4v) is 5.29. The van der Waals surface area contributed by atoms with Crippen molar-refractivity contribution in [2.75, 3.05) is 23.3 Å². The second-order valence-corrected chi connectivity index (χ2v) is 9.86. The van der Waals surface area contributed by atoms with Crippen molar-refractivity contribution in [3.63, 3.8) is 0 Å². The Balaban J connectivity index is 1.98. The number of para-hydroxylation sites is 2. The molecule has 0 atom stereocenters. The number of sulfonamides is 1. The zero-order valence-electron chi connectivity index (χ0n) is 19.9. The summed E-state index contributed by atoms with van der Waals surface area (Å²) in [6.07, 6.45) is -1.96. The van der Waals surface area contributed by atoms with Gasteiger partial charge in [0.25, 0.3) is 10.0 Å². The number of nitrogens with zero attached hydrogens (tertiary/aromatic N) is 1. The van der Waals surface area contributed by atoms with Crippen molar-refractivity contribution in [1.29, 1.82) is 0 Å². The second-order valence-electron chi connectivity index (χ2n) is 8.03. The molecule has 192 valence electrons. The summed E-state index contributed by atoms with van der Waals surface area (Å²) in [5.74, 6) is -0.645. The Bertz CT molecular complexity index is 1290. The van der Waals surface area contributed by atoms with Crippen LogP contribution in [-0.2, 0) is 27.4 Å². The lowest BCUT2D eigenvalue weighted by molar-refractivity contribution is -0.139. The van der Waals surface area contributed by atoms with E-state index in [2.05, 4.69) is 12.2 Å². The first-order valence-electron chi connectivity index (χ1n) is 11.3. The van der Waals surface area contributed by atoms with E-state index in [9.17, 15) is 26.4 Å². The molecule has 0 bridgehead atoms. The highest BCUT2D eigenvalue weighted by Gasteiger charge is 2.40. The minimum atomic E-state index is -4.92. The smallest absolute Gasteiger partial charge is 0.417 e. The first-order valence-corrected chi connectivity index (χ1v) is 12.7. The van der Waals surface area contributed by atoms with E-state index >= 15 is 0 Å². The first kappa shape index (κ1) is 27.1. The molecule has 0 aliphatic heterocycles. The number of benzene rings is 3. The van der Waals surface area contributed by atoms with Gasteiger partial charge in [-0.3, -0.25) is 9.10 Å². The third-order valence-corrected chi connectivity index (χ3v) is 7.28. The fourth-order valence-electron chi connectivity index (χ4n) is 3.65. The summed E-state index contributed by atoms with van der Waals surface area (Å²) in [4.78, 5) is 12.0. The van der Waals surface area contributed by atoms with E-state index in [1.165, 1.54) is 31.4 Å². The molecule has 3 aromatic rings. The van der Waals surface area contributed by atoms with Gasteiger partial charge >= 0.3 is 6.18 Å². The number of halogens is 3. The molecule has 3 rings (SSSR count). The van der Waals surface area contributed by atoms with Crippen LogP contribution < -0.4 is 14.4 Å². The van der Waals surface area contributed by atoms with E-state index < -0.39 is 39.1 Å². The Morgan fingerprint density at radius 1 is 0.972 bits per heavy atom. The molecule has 10 heteroatoms. The predicted molar refractivity (Wildman–Crippen MR) is 133 cm³/mol. The molecule has 1 amide bonds. The number of aryl methyl sites for hydroxylation is 1. The number of amides is 1. The number of hydrogen-bond acceptors (Lipinski definition) is 4. The van der Waals surface area contributed by atoms with Crippen LogP contribution >= 0.6 is 0 Å². The maximum atomic E-state index is 13.7. The zero-order chi connectivity index (χ0) is 26.3. The molecule has 6 nitrogen and oxygen atoms in total. The number of anilines is 2. The highest BCUT2D eigenvalue weighted by atomic mass is 32.2. The van der Waals surface area contributed by atoms with Crippen molar-refractivity contribution in [2.24, 2.45) is 0 Å². The number of carbonyl (C=O) groups excluding carboxylic acids is 1. The summed E-state index contributed by atoms with van der Waals surface area (Å²) < 4.78 is 74.0. The minimum absolute atomic E-state index is 0.0676. The van der Waals surface area contributed by atoms with Crippen LogP contribution in [0.4, 0.5) is 24.5 Å². The standard InChI is InChI=1S/C26H27F3N2O4S/c1-3-4-9-19-14-16-20(17-15-19)30-25(32)18-31(22-11-6-7-12-23(22)35-2)36(33,34)24-13-8-5-10-21(24)26(27,28)29/h5-8,10-17H,3-4,9,18H2,1-2H3,(H,30,32). The minimum Gasteiger partial charge on any atom is -0.495 e. The number of nitrogens with one attached hydrogen (secondary N) is 1. The van der Waals surface area contributed by atoms with Gasteiger partial charge in [-0.15, -0.1) is 0 Å². The maximum Gasteiger partial charge on any atom is 0.417 e. The highest BCUT2D eigenvalue weighted by molar-refractivity contribution is 7.93. The van der Waals surface area contributed by atoms with E-state index in [-0.39, 0.29) is 11.4 Å². The van der Waals surface area contributed by atoms with Gasteiger partial charge in [-0.05, 0) is 54.8 Å². The number of methoxy groups -OCH3 is 1. The third kappa shape index (κ3) is 6.37. The first-order chi connectivity index (χ1) is 17.1. The van der Waals surface area contributed by atoms with Crippen LogP contribution in [0.15, 0.2) is 77.7 Å². The van der Waals surface area contributed by atoms with E-state index in [0.717, 1.165) is 37.0 Å². The molecule has 0 fully saturated rings. The Morgan fingerprint density at radius 2 is 1.61 bits per heavy atom. The van der Waals surface area contributed by atoms with Crippen molar-refractivity contribution in [3.05, 3.63) is 83.9 Å². The monoisotopic (exact) mass is 520 g/mol. The molecule has 0 unspecified atom stereocenters. The predicted octanol–water partition coefficient (Wildman–Crippen LogP) is 5.89. The molecule has 0 radical (unpaired) electrons. The lowest BCUT2D eigenvalue weighted by Gasteiger charge is -2.27. The van der Waals surface area contributed by atoms with Gasteiger partial charge < -0.3 is 10.1 Å². The summed E-state index contributed by atoms with van der Waals surface area (Å²) in [6.45, 7) is 1.32. The van der Waals surface area contributed by atoms with Gasteiger partial charge in [0.05, 0.1) is 23.3 Å². The number of ether oxygens (including phenoxy) is 1. The average Bonchev–Trinajstić information content (AvgIpc) is 2.86. The SMILES string of the molecule is CCCCc1ccc(NC(=O)CN(c2ccccc2OC)S(=O)(=O)c2ccccc2C(F)(F)F)cc1. The van der Waals surface area contributed by atoms with Gasteiger partial charge in [0.2, 0.25) is 5.91 Å². The summed E-state index contributed by atoms with van der Waals surface area (Å²) in [6, 6.07) is 16.9. The Morgan fingerprint density at radius 3 is 2.25 bits per heavy atom. The molecule has 0 aromatic heterocycles. The van der Waals surface area contributed by atoms with E-state index in [1.54, 1.807) is 18.2 Å². The number of hydrogen-bond donors (Lipinski definition) is 1. The summed E-state index contributed by atoms with van der Waals surface area (Å²) in [5.41, 5.74) is 0.139. The van der Waals surface area contributed by atoms with Gasteiger partial charge in [0.1, 0.15) is 12.3 Å². The largest absolute Gasteiger partial charge is 0.495 e. The summed E-state index contributed by atoms with van der Waals surface area (Å²) in [7, 11) is -3.53. The average molecular weight is 521 g/mol. The van der Waals surface area contributed by atoms with Gasteiger partial charge in [-0.25, -0.2) is 8.42 Å². The number of unbranched alkanes of at least 4 members (excludes halogenated alkanes) is 1.